The monoisotopic (exact) mass is 359 g/mol. The Bertz CT molecular complexity index is 916. The van der Waals surface area contributed by atoms with Gasteiger partial charge in [-0.15, -0.1) is 0 Å². The van der Waals surface area contributed by atoms with Crippen LogP contribution in [0.3, 0.4) is 0 Å². The van der Waals surface area contributed by atoms with Gasteiger partial charge in [0, 0.05) is 10.2 Å². The summed E-state index contributed by atoms with van der Waals surface area (Å²) in [5, 5.41) is 13.1. The molecule has 0 aliphatic carbocycles. The molecule has 3 aromatic rings. The first-order chi connectivity index (χ1) is 10.6. The Morgan fingerprint density at radius 1 is 1.09 bits per heavy atom. The smallest absolute Gasteiger partial charge is 0.353 e. The second-order valence-electron chi connectivity index (χ2n) is 4.57. The number of rotatable bonds is 2. The van der Waals surface area contributed by atoms with Gasteiger partial charge < -0.3 is 14.8 Å². The Morgan fingerprint density at radius 2 is 1.77 bits per heavy atom. The fraction of sp³-hybridized carbons (Fsp3) is 0. The van der Waals surface area contributed by atoms with E-state index in [1.165, 1.54) is 0 Å². The van der Waals surface area contributed by atoms with Gasteiger partial charge in [-0.25, -0.2) is 4.79 Å². The first kappa shape index (κ1) is 14.3. The summed E-state index contributed by atoms with van der Waals surface area (Å²) < 4.78 is 5.93. The lowest BCUT2D eigenvalue weighted by molar-refractivity contribution is 0.102. The van der Waals surface area contributed by atoms with E-state index in [1.54, 1.807) is 48.5 Å². The van der Waals surface area contributed by atoms with Crippen molar-refractivity contribution in [3.63, 3.8) is 0 Å². The molecule has 2 N–H and O–H groups in total. The maximum Gasteiger partial charge on any atom is 0.353 e. The lowest BCUT2D eigenvalue weighted by atomic mass is 10.1. The zero-order valence-electron chi connectivity index (χ0n) is 11.2. The molecule has 0 saturated heterocycles. The zero-order valence-corrected chi connectivity index (χ0v) is 12.8. The fourth-order valence-electron chi connectivity index (χ4n) is 2.06. The molecule has 1 amide bonds. The van der Waals surface area contributed by atoms with Crippen LogP contribution in [-0.2, 0) is 0 Å². The molecule has 0 atom stereocenters. The lowest BCUT2D eigenvalue weighted by Crippen LogP contribution is -2.21. The van der Waals surface area contributed by atoms with Crippen LogP contribution in [-0.4, -0.2) is 11.0 Å². The number of hydrogen-bond donors (Lipinski definition) is 2. The number of carbonyl (C=O) groups is 1. The Balaban J connectivity index is 2.04. The highest BCUT2D eigenvalue weighted by Gasteiger charge is 2.20. The van der Waals surface area contributed by atoms with E-state index < -0.39 is 17.1 Å². The van der Waals surface area contributed by atoms with Crippen LogP contribution in [0.2, 0.25) is 0 Å². The molecule has 1 heterocycles. The Morgan fingerprint density at radius 3 is 2.50 bits per heavy atom. The van der Waals surface area contributed by atoms with E-state index in [2.05, 4.69) is 21.2 Å². The molecule has 110 valence electrons. The van der Waals surface area contributed by atoms with Gasteiger partial charge in [-0.3, -0.25) is 4.79 Å². The summed E-state index contributed by atoms with van der Waals surface area (Å²) in [6, 6.07) is 13.3. The molecule has 0 bridgehead atoms. The lowest BCUT2D eigenvalue weighted by Gasteiger charge is -2.07. The van der Waals surface area contributed by atoms with Gasteiger partial charge in [-0.05, 0) is 36.4 Å². The molecule has 0 fully saturated rings. The summed E-state index contributed by atoms with van der Waals surface area (Å²) in [6.07, 6.45) is 0. The number of aromatic hydroxyl groups is 1. The number of hydrogen-bond acceptors (Lipinski definition) is 4. The van der Waals surface area contributed by atoms with Crippen LogP contribution in [0.1, 0.15) is 10.4 Å². The molecular weight excluding hydrogens is 350 g/mol. The summed E-state index contributed by atoms with van der Waals surface area (Å²) in [6.45, 7) is 0. The third-order valence-corrected chi connectivity index (χ3v) is 3.64. The summed E-state index contributed by atoms with van der Waals surface area (Å²) in [4.78, 5) is 24.2. The van der Waals surface area contributed by atoms with Gasteiger partial charge in [0.25, 0.3) is 5.91 Å². The number of carbonyl (C=O) groups excluding carboxylic acids is 1. The number of halogens is 1. The van der Waals surface area contributed by atoms with Gasteiger partial charge in [0.2, 0.25) is 0 Å². The third kappa shape index (κ3) is 2.60. The fourth-order valence-corrected chi connectivity index (χ4v) is 2.32. The summed E-state index contributed by atoms with van der Waals surface area (Å²) >= 11 is 3.29. The summed E-state index contributed by atoms with van der Waals surface area (Å²) in [5.74, 6) is -1.11. The van der Waals surface area contributed by atoms with Crippen LogP contribution < -0.4 is 10.9 Å². The molecule has 0 saturated carbocycles. The van der Waals surface area contributed by atoms with Crippen molar-refractivity contribution in [2.45, 2.75) is 0 Å². The Labute approximate surface area is 133 Å². The number of anilines is 1. The van der Waals surface area contributed by atoms with E-state index in [0.717, 1.165) is 4.47 Å². The van der Waals surface area contributed by atoms with Crippen LogP contribution in [0.25, 0.3) is 11.0 Å². The molecular formula is C16H10BrNO4. The quantitative estimate of drug-likeness (QED) is 0.686. The first-order valence-corrected chi connectivity index (χ1v) is 7.17. The second-order valence-corrected chi connectivity index (χ2v) is 5.49. The van der Waals surface area contributed by atoms with Gasteiger partial charge in [-0.1, -0.05) is 28.1 Å². The highest BCUT2D eigenvalue weighted by Crippen LogP contribution is 2.26. The minimum Gasteiger partial charge on any atom is -0.506 e. The molecule has 0 aliphatic heterocycles. The highest BCUT2D eigenvalue weighted by molar-refractivity contribution is 9.10. The van der Waals surface area contributed by atoms with E-state index in [9.17, 15) is 14.7 Å². The zero-order chi connectivity index (χ0) is 15.7. The van der Waals surface area contributed by atoms with Gasteiger partial charge in [0.05, 0.1) is 5.39 Å². The van der Waals surface area contributed by atoms with E-state index in [1.807, 2.05) is 0 Å². The number of amides is 1. The Kier molecular flexibility index (Phi) is 3.68. The normalized spacial score (nSPS) is 10.6. The predicted octanol–water partition coefficient (Wildman–Crippen LogP) is 3.51. The minimum atomic E-state index is -0.884. The summed E-state index contributed by atoms with van der Waals surface area (Å²) in [7, 11) is 0. The van der Waals surface area contributed by atoms with Crippen LogP contribution in [0.4, 0.5) is 5.69 Å². The minimum absolute atomic E-state index is 0.227. The largest absolute Gasteiger partial charge is 0.506 e. The number of para-hydroxylation sites is 1. The molecule has 6 heteroatoms. The topological polar surface area (TPSA) is 79.5 Å². The number of benzene rings is 2. The Hall–Kier alpha value is -2.60. The average molecular weight is 360 g/mol. The van der Waals surface area contributed by atoms with Crippen molar-refractivity contribution in [1.29, 1.82) is 0 Å². The van der Waals surface area contributed by atoms with Crippen molar-refractivity contribution in [1.82, 2.24) is 0 Å². The molecule has 0 unspecified atom stereocenters. The molecule has 2 aromatic carbocycles. The maximum atomic E-state index is 12.2. The van der Waals surface area contributed by atoms with Gasteiger partial charge in [0.1, 0.15) is 11.3 Å². The molecule has 3 rings (SSSR count). The van der Waals surface area contributed by atoms with Crippen molar-refractivity contribution in [3.8, 4) is 5.75 Å². The molecule has 0 spiro atoms. The first-order valence-electron chi connectivity index (χ1n) is 6.38. The van der Waals surface area contributed by atoms with Gasteiger partial charge >= 0.3 is 5.63 Å². The van der Waals surface area contributed by atoms with Gasteiger partial charge in [0.15, 0.2) is 5.56 Å². The van der Waals surface area contributed by atoms with Crippen molar-refractivity contribution in [3.05, 3.63) is 69.0 Å². The average Bonchev–Trinajstić information content (AvgIpc) is 2.49. The number of nitrogens with one attached hydrogen (secondary N) is 1. The SMILES string of the molecule is O=C(Nc1ccc(Br)cc1)c1c(O)c2ccccc2oc1=O. The second kappa shape index (κ2) is 5.65. The standard InChI is InChI=1S/C16H10BrNO4/c17-9-5-7-10(8-6-9)18-15(20)13-14(19)11-3-1-2-4-12(11)22-16(13)21/h1-8,19H,(H,18,20). The molecule has 0 aliphatic rings. The van der Waals surface area contributed by atoms with Gasteiger partial charge in [-0.2, -0.15) is 0 Å². The van der Waals surface area contributed by atoms with Crippen LogP contribution >= 0.6 is 15.9 Å². The molecule has 5 nitrogen and oxygen atoms in total. The van der Waals surface area contributed by atoms with Crippen molar-refractivity contribution in [2.75, 3.05) is 5.32 Å². The van der Waals surface area contributed by atoms with E-state index in [0.29, 0.717) is 11.1 Å². The molecule has 22 heavy (non-hydrogen) atoms. The summed E-state index contributed by atoms with van der Waals surface area (Å²) in [5.41, 5.74) is -0.571. The molecule has 0 radical (unpaired) electrons. The predicted molar refractivity (Wildman–Crippen MR) is 86.2 cm³/mol. The number of fused-ring (bicyclic) bond motifs is 1. The van der Waals surface area contributed by atoms with Crippen molar-refractivity contribution >= 4 is 38.5 Å². The molecule has 1 aromatic heterocycles. The van der Waals surface area contributed by atoms with E-state index in [-0.39, 0.29) is 11.3 Å². The van der Waals surface area contributed by atoms with E-state index in [4.69, 9.17) is 4.42 Å². The third-order valence-electron chi connectivity index (χ3n) is 3.11. The van der Waals surface area contributed by atoms with Crippen LogP contribution in [0, 0.1) is 0 Å². The van der Waals surface area contributed by atoms with Crippen LogP contribution in [0.15, 0.2) is 62.2 Å². The van der Waals surface area contributed by atoms with Crippen LogP contribution in [0.5, 0.6) is 5.75 Å². The highest BCUT2D eigenvalue weighted by atomic mass is 79.9. The van der Waals surface area contributed by atoms with Crippen molar-refractivity contribution in [2.24, 2.45) is 0 Å². The maximum absolute atomic E-state index is 12.2. The van der Waals surface area contributed by atoms with E-state index >= 15 is 0 Å². The van der Waals surface area contributed by atoms with Crippen molar-refractivity contribution < 1.29 is 14.3 Å².